The molecule has 0 aliphatic carbocycles. The second-order valence-electron chi connectivity index (χ2n) is 6.77. The van der Waals surface area contributed by atoms with Gasteiger partial charge in [0.25, 0.3) is 5.91 Å². The molecule has 0 saturated carbocycles. The summed E-state index contributed by atoms with van der Waals surface area (Å²) in [6, 6.07) is 17.6. The monoisotopic (exact) mass is 368 g/mol. The third kappa shape index (κ3) is 5.81. The van der Waals surface area contributed by atoms with Crippen LogP contribution in [-0.2, 0) is 4.74 Å². The number of morpholine rings is 1. The van der Waals surface area contributed by atoms with Crippen molar-refractivity contribution >= 4 is 5.91 Å². The number of carbonyl (C=O) groups is 1. The number of unbranched alkanes of at least 4 members (excludes halogenated alkanes) is 1. The lowest BCUT2D eigenvalue weighted by atomic mass is 10.1. The van der Waals surface area contributed by atoms with Gasteiger partial charge in [0.15, 0.2) is 0 Å². The number of hydrogen-bond acceptors (Lipinski definition) is 4. The van der Waals surface area contributed by atoms with Crippen molar-refractivity contribution in [1.29, 1.82) is 0 Å². The first-order valence-electron chi connectivity index (χ1n) is 9.57. The van der Waals surface area contributed by atoms with E-state index in [1.165, 1.54) is 5.56 Å². The van der Waals surface area contributed by atoms with Crippen LogP contribution in [0.25, 0.3) is 0 Å². The van der Waals surface area contributed by atoms with Crippen molar-refractivity contribution in [3.05, 3.63) is 65.7 Å². The van der Waals surface area contributed by atoms with Crippen LogP contribution in [0.1, 0.15) is 34.9 Å². The maximum Gasteiger partial charge on any atom is 0.251 e. The van der Waals surface area contributed by atoms with Crippen LogP contribution in [0.2, 0.25) is 0 Å². The largest absolute Gasteiger partial charge is 0.497 e. The van der Waals surface area contributed by atoms with Crippen molar-refractivity contribution in [2.45, 2.75) is 18.9 Å². The van der Waals surface area contributed by atoms with Crippen molar-refractivity contribution in [2.24, 2.45) is 0 Å². The molecule has 0 aromatic heterocycles. The van der Waals surface area contributed by atoms with Gasteiger partial charge in [0.2, 0.25) is 0 Å². The van der Waals surface area contributed by atoms with E-state index in [9.17, 15) is 4.79 Å². The molecular weight excluding hydrogens is 340 g/mol. The van der Waals surface area contributed by atoms with E-state index in [0.29, 0.717) is 17.9 Å². The van der Waals surface area contributed by atoms with Crippen LogP contribution in [0.3, 0.4) is 0 Å². The van der Waals surface area contributed by atoms with E-state index in [0.717, 1.165) is 39.1 Å². The molecule has 3 rings (SSSR count). The molecule has 27 heavy (non-hydrogen) atoms. The number of carbonyl (C=O) groups excluding carboxylic acids is 1. The van der Waals surface area contributed by atoms with E-state index in [2.05, 4.69) is 34.5 Å². The Morgan fingerprint density at radius 3 is 2.85 bits per heavy atom. The number of rotatable bonds is 8. The van der Waals surface area contributed by atoms with Crippen LogP contribution in [0, 0.1) is 0 Å². The summed E-state index contributed by atoms with van der Waals surface area (Å²) in [5.41, 5.74) is 1.88. The molecule has 1 amide bonds. The molecule has 0 bridgehead atoms. The quantitative estimate of drug-likeness (QED) is 0.727. The Bertz CT molecular complexity index is 721. The lowest BCUT2D eigenvalue weighted by Gasteiger charge is -2.33. The predicted octanol–water partition coefficient (Wildman–Crippen LogP) is 3.28. The molecule has 2 aromatic carbocycles. The van der Waals surface area contributed by atoms with E-state index >= 15 is 0 Å². The van der Waals surface area contributed by atoms with Crippen molar-refractivity contribution in [3.63, 3.8) is 0 Å². The number of nitrogens with zero attached hydrogens (tertiary/aromatic N) is 1. The minimum atomic E-state index is -0.0515. The van der Waals surface area contributed by atoms with Crippen LogP contribution in [-0.4, -0.2) is 50.7 Å². The van der Waals surface area contributed by atoms with Crippen LogP contribution in [0.5, 0.6) is 5.75 Å². The Labute approximate surface area is 161 Å². The summed E-state index contributed by atoms with van der Waals surface area (Å²) in [7, 11) is 1.60. The summed E-state index contributed by atoms with van der Waals surface area (Å²) in [6.07, 6.45) is 2.18. The molecule has 0 unspecified atom stereocenters. The number of benzene rings is 2. The second kappa shape index (κ2) is 10.1. The summed E-state index contributed by atoms with van der Waals surface area (Å²) in [6.45, 7) is 4.38. The zero-order chi connectivity index (χ0) is 18.9. The van der Waals surface area contributed by atoms with E-state index in [-0.39, 0.29) is 12.0 Å². The Balaban J connectivity index is 1.35. The maximum atomic E-state index is 12.2. The maximum absolute atomic E-state index is 12.2. The normalized spacial score (nSPS) is 17.4. The molecule has 144 valence electrons. The highest BCUT2D eigenvalue weighted by Gasteiger charge is 2.21. The molecule has 2 aromatic rings. The molecule has 1 aliphatic rings. The molecule has 1 heterocycles. The minimum absolute atomic E-state index is 0.0515. The van der Waals surface area contributed by atoms with E-state index in [1.54, 1.807) is 19.2 Å². The molecule has 1 aliphatic heterocycles. The Morgan fingerprint density at radius 2 is 2.04 bits per heavy atom. The summed E-state index contributed by atoms with van der Waals surface area (Å²) < 4.78 is 11.1. The van der Waals surface area contributed by atoms with Gasteiger partial charge in [-0.25, -0.2) is 0 Å². The van der Waals surface area contributed by atoms with Gasteiger partial charge in [-0.05, 0) is 43.1 Å². The first-order valence-corrected chi connectivity index (χ1v) is 9.57. The average Bonchev–Trinajstić information content (AvgIpc) is 2.74. The minimum Gasteiger partial charge on any atom is -0.497 e. The first kappa shape index (κ1) is 19.4. The Hall–Kier alpha value is -2.37. The van der Waals surface area contributed by atoms with Gasteiger partial charge < -0.3 is 14.8 Å². The Kier molecular flexibility index (Phi) is 7.25. The topological polar surface area (TPSA) is 50.8 Å². The lowest BCUT2D eigenvalue weighted by molar-refractivity contribution is -0.0303. The molecule has 1 N–H and O–H groups in total. The van der Waals surface area contributed by atoms with Gasteiger partial charge in [-0.2, -0.15) is 0 Å². The van der Waals surface area contributed by atoms with Crippen LogP contribution < -0.4 is 10.1 Å². The highest BCUT2D eigenvalue weighted by atomic mass is 16.5. The van der Waals surface area contributed by atoms with Crippen molar-refractivity contribution in [2.75, 3.05) is 39.9 Å². The molecule has 1 saturated heterocycles. The molecular formula is C22H28N2O3. The van der Waals surface area contributed by atoms with E-state index < -0.39 is 0 Å². The van der Waals surface area contributed by atoms with Crippen molar-refractivity contribution in [3.8, 4) is 5.75 Å². The number of nitrogens with one attached hydrogen (secondary N) is 1. The van der Waals surface area contributed by atoms with Gasteiger partial charge in [0.1, 0.15) is 5.75 Å². The highest BCUT2D eigenvalue weighted by molar-refractivity contribution is 5.94. The SMILES string of the molecule is COc1cccc(C(=O)NCCCCN2CCO[C@@H](c3ccccc3)C2)c1. The summed E-state index contributed by atoms with van der Waals surface area (Å²) in [5.74, 6) is 0.646. The van der Waals surface area contributed by atoms with Crippen LogP contribution >= 0.6 is 0 Å². The van der Waals surface area contributed by atoms with Crippen molar-refractivity contribution in [1.82, 2.24) is 10.2 Å². The summed E-state index contributed by atoms with van der Waals surface area (Å²) in [5, 5.41) is 2.98. The fourth-order valence-electron chi connectivity index (χ4n) is 3.30. The number of amides is 1. The third-order valence-corrected chi connectivity index (χ3v) is 4.84. The smallest absolute Gasteiger partial charge is 0.251 e. The third-order valence-electron chi connectivity index (χ3n) is 4.84. The van der Waals surface area contributed by atoms with E-state index in [4.69, 9.17) is 9.47 Å². The second-order valence-corrected chi connectivity index (χ2v) is 6.77. The first-order chi connectivity index (χ1) is 13.3. The molecule has 1 atom stereocenters. The van der Waals surface area contributed by atoms with Gasteiger partial charge in [0, 0.05) is 25.2 Å². The molecule has 5 heteroatoms. The zero-order valence-corrected chi connectivity index (χ0v) is 15.9. The summed E-state index contributed by atoms with van der Waals surface area (Å²) in [4.78, 5) is 14.6. The average molecular weight is 368 g/mol. The highest BCUT2D eigenvalue weighted by Crippen LogP contribution is 2.22. The molecule has 0 spiro atoms. The van der Waals surface area contributed by atoms with Gasteiger partial charge in [-0.1, -0.05) is 36.4 Å². The van der Waals surface area contributed by atoms with Gasteiger partial charge in [-0.15, -0.1) is 0 Å². The van der Waals surface area contributed by atoms with Gasteiger partial charge in [-0.3, -0.25) is 9.69 Å². The zero-order valence-electron chi connectivity index (χ0n) is 15.9. The van der Waals surface area contributed by atoms with Crippen molar-refractivity contribution < 1.29 is 14.3 Å². The number of methoxy groups -OCH3 is 1. The summed E-state index contributed by atoms with van der Waals surface area (Å²) >= 11 is 0. The standard InChI is InChI=1S/C22H28N2O3/c1-26-20-11-7-10-19(16-20)22(25)23-12-5-6-13-24-14-15-27-21(17-24)18-8-3-2-4-9-18/h2-4,7-11,16,21H,5-6,12-15,17H2,1H3,(H,23,25)/t21-/m1/s1. The van der Waals surface area contributed by atoms with Gasteiger partial charge in [0.05, 0.1) is 19.8 Å². The Morgan fingerprint density at radius 1 is 1.19 bits per heavy atom. The van der Waals surface area contributed by atoms with E-state index in [1.807, 2.05) is 18.2 Å². The van der Waals surface area contributed by atoms with Gasteiger partial charge >= 0.3 is 0 Å². The van der Waals surface area contributed by atoms with Crippen LogP contribution in [0.15, 0.2) is 54.6 Å². The molecule has 0 radical (unpaired) electrons. The predicted molar refractivity (Wildman–Crippen MR) is 106 cm³/mol. The fraction of sp³-hybridized carbons (Fsp3) is 0.409. The number of hydrogen-bond donors (Lipinski definition) is 1. The number of ether oxygens (including phenoxy) is 2. The van der Waals surface area contributed by atoms with Crippen LogP contribution in [0.4, 0.5) is 0 Å². The molecule has 5 nitrogen and oxygen atoms in total. The molecule has 1 fully saturated rings. The fourth-order valence-corrected chi connectivity index (χ4v) is 3.30. The lowest BCUT2D eigenvalue weighted by Crippen LogP contribution is -2.39.